The molecule has 1 amide bonds. The number of aryl methyl sites for hydroxylation is 1. The number of nitrogens with zero attached hydrogens (tertiary/aromatic N) is 3. The van der Waals surface area contributed by atoms with E-state index < -0.39 is 5.91 Å². The van der Waals surface area contributed by atoms with Crippen molar-refractivity contribution in [3.63, 3.8) is 0 Å². The summed E-state index contributed by atoms with van der Waals surface area (Å²) in [6, 6.07) is 2.64. The van der Waals surface area contributed by atoms with Gasteiger partial charge in [-0.05, 0) is 34.5 Å². The fraction of sp³-hybridized carbons (Fsp3) is 0.0667. The summed E-state index contributed by atoms with van der Waals surface area (Å²) in [6.07, 6.45) is 2.62. The fourth-order valence-corrected chi connectivity index (χ4v) is 3.60. The van der Waals surface area contributed by atoms with Gasteiger partial charge in [-0.15, -0.1) is 11.3 Å². The summed E-state index contributed by atoms with van der Waals surface area (Å²) >= 11 is 4.33. The van der Waals surface area contributed by atoms with Crippen LogP contribution in [0.25, 0.3) is 10.2 Å². The third-order valence-corrected chi connectivity index (χ3v) is 5.26. The first kappa shape index (κ1) is 17.1. The minimum Gasteiger partial charge on any atom is -0.507 e. The van der Waals surface area contributed by atoms with Gasteiger partial charge >= 0.3 is 0 Å². The Morgan fingerprint density at radius 2 is 2.12 bits per heavy atom. The van der Waals surface area contributed by atoms with E-state index in [1.54, 1.807) is 6.92 Å². The van der Waals surface area contributed by atoms with Gasteiger partial charge in [0.05, 0.1) is 21.0 Å². The molecular weight excluding hydrogens is 410 g/mol. The van der Waals surface area contributed by atoms with Crippen LogP contribution in [0.5, 0.6) is 11.5 Å². The molecule has 0 saturated carbocycles. The number of anilines is 1. The molecular formula is C15H12BrN5O3S. The van der Waals surface area contributed by atoms with Crippen LogP contribution in [-0.2, 0) is 0 Å². The quantitative estimate of drug-likeness (QED) is 0.379. The number of thiophene rings is 1. The van der Waals surface area contributed by atoms with E-state index in [1.165, 1.54) is 36.0 Å². The molecule has 0 atom stereocenters. The number of hydrazone groups is 1. The van der Waals surface area contributed by atoms with Crippen molar-refractivity contribution in [3.05, 3.63) is 38.9 Å². The summed E-state index contributed by atoms with van der Waals surface area (Å²) in [5, 5.41) is 23.7. The largest absolute Gasteiger partial charge is 0.507 e. The molecule has 1 aromatic carbocycles. The number of hydrogen-bond donors (Lipinski definition) is 4. The molecule has 3 rings (SSSR count). The zero-order chi connectivity index (χ0) is 18.1. The van der Waals surface area contributed by atoms with Crippen molar-refractivity contribution in [1.82, 2.24) is 15.4 Å². The number of phenols is 2. The van der Waals surface area contributed by atoms with Crippen molar-refractivity contribution < 1.29 is 15.0 Å². The molecule has 128 valence electrons. The second-order valence-corrected chi connectivity index (χ2v) is 6.91. The lowest BCUT2D eigenvalue weighted by Crippen LogP contribution is -2.17. The standard InChI is InChI=1S/C15H12BrN5O3S/c1-6-11-13(17)18-5-19-15(11)25-12(6)14(24)21-20-4-7-2-8(16)10(23)3-9(7)22/h2-5,22-23H,1H3,(H,21,24)(H2,17,18,19)/b20-4-. The summed E-state index contributed by atoms with van der Waals surface area (Å²) < 4.78 is 0.396. The Hall–Kier alpha value is -2.72. The van der Waals surface area contributed by atoms with E-state index in [9.17, 15) is 15.0 Å². The number of amides is 1. The molecule has 2 heterocycles. The molecule has 10 heteroatoms. The Kier molecular flexibility index (Phi) is 4.55. The zero-order valence-corrected chi connectivity index (χ0v) is 15.2. The number of hydrogen-bond acceptors (Lipinski definition) is 8. The molecule has 3 aromatic rings. The maximum absolute atomic E-state index is 12.3. The van der Waals surface area contributed by atoms with E-state index in [0.717, 1.165) is 0 Å². The number of nitrogens with one attached hydrogen (secondary N) is 1. The summed E-state index contributed by atoms with van der Waals surface area (Å²) in [5.41, 5.74) is 9.23. The first-order valence-electron chi connectivity index (χ1n) is 6.93. The van der Waals surface area contributed by atoms with E-state index in [0.29, 0.717) is 36.5 Å². The van der Waals surface area contributed by atoms with Gasteiger partial charge in [0.2, 0.25) is 0 Å². The van der Waals surface area contributed by atoms with Crippen LogP contribution < -0.4 is 11.2 Å². The van der Waals surface area contributed by atoms with Gasteiger partial charge in [0.25, 0.3) is 5.91 Å². The minimum absolute atomic E-state index is 0.0988. The van der Waals surface area contributed by atoms with Crippen molar-refractivity contribution in [1.29, 1.82) is 0 Å². The topological polar surface area (TPSA) is 134 Å². The van der Waals surface area contributed by atoms with Gasteiger partial charge < -0.3 is 15.9 Å². The summed E-state index contributed by atoms with van der Waals surface area (Å²) in [4.78, 5) is 21.4. The lowest BCUT2D eigenvalue weighted by Gasteiger charge is -2.02. The lowest BCUT2D eigenvalue weighted by atomic mass is 10.2. The summed E-state index contributed by atoms with van der Waals surface area (Å²) in [6.45, 7) is 1.76. The maximum Gasteiger partial charge on any atom is 0.281 e. The predicted molar refractivity (Wildman–Crippen MR) is 99.1 cm³/mol. The number of rotatable bonds is 3. The second-order valence-electron chi connectivity index (χ2n) is 5.06. The molecule has 8 nitrogen and oxygen atoms in total. The Bertz CT molecular complexity index is 1020. The van der Waals surface area contributed by atoms with Gasteiger partial charge in [-0.25, -0.2) is 15.4 Å². The minimum atomic E-state index is -0.423. The van der Waals surface area contributed by atoms with Crippen molar-refractivity contribution in [2.75, 3.05) is 5.73 Å². The van der Waals surface area contributed by atoms with E-state index in [4.69, 9.17) is 5.73 Å². The molecule has 0 aliphatic carbocycles. The molecule has 0 fully saturated rings. The highest BCUT2D eigenvalue weighted by Crippen LogP contribution is 2.32. The van der Waals surface area contributed by atoms with Crippen LogP contribution in [0.3, 0.4) is 0 Å². The molecule has 0 aliphatic heterocycles. The van der Waals surface area contributed by atoms with Gasteiger partial charge in [-0.1, -0.05) is 0 Å². The number of aromatic nitrogens is 2. The first-order valence-corrected chi connectivity index (χ1v) is 8.54. The molecule has 0 aliphatic rings. The highest BCUT2D eigenvalue weighted by atomic mass is 79.9. The highest BCUT2D eigenvalue weighted by Gasteiger charge is 2.18. The maximum atomic E-state index is 12.3. The molecule has 0 spiro atoms. The van der Waals surface area contributed by atoms with Gasteiger partial charge in [-0.3, -0.25) is 4.79 Å². The van der Waals surface area contributed by atoms with E-state index in [-0.39, 0.29) is 11.5 Å². The van der Waals surface area contributed by atoms with Crippen LogP contribution in [-0.4, -0.2) is 32.3 Å². The number of nitrogens with two attached hydrogens (primary N) is 1. The second kappa shape index (κ2) is 6.65. The first-order chi connectivity index (χ1) is 11.9. The number of carbonyl (C=O) groups is 1. The van der Waals surface area contributed by atoms with Crippen molar-refractivity contribution >= 4 is 55.4 Å². The number of halogens is 1. The fourth-order valence-electron chi connectivity index (χ4n) is 2.20. The molecule has 0 saturated heterocycles. The van der Waals surface area contributed by atoms with Gasteiger partial charge in [0.1, 0.15) is 28.5 Å². The van der Waals surface area contributed by atoms with Gasteiger partial charge in [0, 0.05) is 11.6 Å². The highest BCUT2D eigenvalue weighted by molar-refractivity contribution is 9.10. The van der Waals surface area contributed by atoms with Crippen LogP contribution in [0.1, 0.15) is 20.8 Å². The monoisotopic (exact) mass is 421 g/mol. The zero-order valence-electron chi connectivity index (χ0n) is 12.8. The Morgan fingerprint density at radius 3 is 2.84 bits per heavy atom. The average Bonchev–Trinajstić information content (AvgIpc) is 2.90. The Labute approximate surface area is 154 Å². The summed E-state index contributed by atoms with van der Waals surface area (Å²) in [5.74, 6) is -0.369. The van der Waals surface area contributed by atoms with Crippen LogP contribution in [0.15, 0.2) is 28.0 Å². The van der Waals surface area contributed by atoms with Crippen LogP contribution in [0.4, 0.5) is 5.82 Å². The Balaban J connectivity index is 1.83. The summed E-state index contributed by atoms with van der Waals surface area (Å²) in [7, 11) is 0. The molecule has 0 unspecified atom stereocenters. The molecule has 2 aromatic heterocycles. The molecule has 25 heavy (non-hydrogen) atoms. The van der Waals surface area contributed by atoms with Crippen LogP contribution >= 0.6 is 27.3 Å². The van der Waals surface area contributed by atoms with E-state index >= 15 is 0 Å². The number of benzene rings is 1. The number of phenolic OH excluding ortho intramolecular Hbond substituents is 2. The number of nitrogen functional groups attached to an aromatic ring is 1. The van der Waals surface area contributed by atoms with Gasteiger partial charge in [0.15, 0.2) is 0 Å². The van der Waals surface area contributed by atoms with E-state index in [1.807, 2.05) is 0 Å². The smallest absolute Gasteiger partial charge is 0.281 e. The van der Waals surface area contributed by atoms with Crippen LogP contribution in [0.2, 0.25) is 0 Å². The Morgan fingerprint density at radius 1 is 1.36 bits per heavy atom. The molecule has 0 bridgehead atoms. The molecule has 5 N–H and O–H groups in total. The van der Waals surface area contributed by atoms with Crippen LogP contribution in [0, 0.1) is 6.92 Å². The number of aromatic hydroxyl groups is 2. The SMILES string of the molecule is Cc1c(C(=O)N/N=C\c2cc(Br)c(O)cc2O)sc2ncnc(N)c12. The normalized spacial score (nSPS) is 11.3. The predicted octanol–water partition coefficient (Wildman–Crippen LogP) is 2.52. The van der Waals surface area contributed by atoms with Crippen molar-refractivity contribution in [2.24, 2.45) is 5.10 Å². The lowest BCUT2D eigenvalue weighted by molar-refractivity contribution is 0.0958. The third kappa shape index (κ3) is 3.26. The number of carbonyl (C=O) groups excluding carboxylic acids is 1. The van der Waals surface area contributed by atoms with Crippen molar-refractivity contribution in [2.45, 2.75) is 6.92 Å². The van der Waals surface area contributed by atoms with E-state index in [2.05, 4.69) is 36.4 Å². The molecule has 0 radical (unpaired) electrons. The van der Waals surface area contributed by atoms with Crippen molar-refractivity contribution in [3.8, 4) is 11.5 Å². The third-order valence-electron chi connectivity index (χ3n) is 3.43. The number of fused-ring (bicyclic) bond motifs is 1. The van der Waals surface area contributed by atoms with Gasteiger partial charge in [-0.2, -0.15) is 5.10 Å². The average molecular weight is 422 g/mol.